The zero-order valence-electron chi connectivity index (χ0n) is 28.2. The fraction of sp³-hybridized carbons (Fsp3) is 0.250. The Hall–Kier alpha value is -5.08. The first-order chi connectivity index (χ1) is 24.6. The Labute approximate surface area is 292 Å². The predicted molar refractivity (Wildman–Crippen MR) is 203 cm³/mol. The third-order valence-electron chi connectivity index (χ3n) is 14.6. The largest absolute Gasteiger partial charge is 0.456 e. The highest BCUT2D eigenvalue weighted by Gasteiger charge is 2.62. The molecule has 1 spiro atoms. The van der Waals surface area contributed by atoms with Gasteiger partial charge in [-0.3, -0.25) is 0 Å². The summed E-state index contributed by atoms with van der Waals surface area (Å²) in [5, 5.41) is 2.37. The number of fused-ring (bicyclic) bond motifs is 11. The summed E-state index contributed by atoms with van der Waals surface area (Å²) in [7, 11) is 0. The minimum Gasteiger partial charge on any atom is -0.456 e. The van der Waals surface area contributed by atoms with Gasteiger partial charge in [0.1, 0.15) is 11.2 Å². The van der Waals surface area contributed by atoms with Gasteiger partial charge in [0.2, 0.25) is 0 Å². The number of hydrogen-bond acceptors (Lipinski definition) is 2. The van der Waals surface area contributed by atoms with Crippen LogP contribution in [0.4, 0.5) is 17.1 Å². The van der Waals surface area contributed by atoms with E-state index in [2.05, 4.69) is 133 Å². The van der Waals surface area contributed by atoms with Crippen LogP contribution in [0.3, 0.4) is 0 Å². The Bertz CT molecular complexity index is 2630. The molecule has 7 aromatic rings. The van der Waals surface area contributed by atoms with Crippen LogP contribution in [0.2, 0.25) is 0 Å². The van der Waals surface area contributed by atoms with Gasteiger partial charge in [-0.1, -0.05) is 84.9 Å². The maximum Gasteiger partial charge on any atom is 0.137 e. The number of hydrogen-bond donors (Lipinski definition) is 0. The maximum absolute atomic E-state index is 6.53. The standard InChI is InChI=1S/C48H37NO/c1-47-36-14-5-2-10-31(36)33-13-8-17-41(46(33)47)49(40-16-9-19-44-45(40)34-12-4-7-18-43(34)50-44)42-26-38-35(25-39(42)47)32-11-3-6-15-37(32)48(38)29-21-27-20-28(23-29)24-30(48)22-27/h2-19,25-30H,20-24H2,1H3. The molecule has 1 aliphatic heterocycles. The fourth-order valence-electron chi connectivity index (χ4n) is 13.1. The zero-order chi connectivity index (χ0) is 32.5. The molecule has 240 valence electrons. The molecule has 1 atom stereocenters. The molecule has 0 radical (unpaired) electrons. The van der Waals surface area contributed by atoms with Crippen molar-refractivity contribution in [2.24, 2.45) is 23.7 Å². The number of anilines is 3. The molecule has 7 aliphatic rings. The van der Waals surface area contributed by atoms with Crippen LogP contribution < -0.4 is 4.90 Å². The average Bonchev–Trinajstić information content (AvgIpc) is 3.76. The minimum absolute atomic E-state index is 0.102. The Morgan fingerprint density at radius 1 is 0.520 bits per heavy atom. The third kappa shape index (κ3) is 2.88. The molecule has 1 aromatic heterocycles. The number of para-hydroxylation sites is 1. The van der Waals surface area contributed by atoms with Crippen molar-refractivity contribution in [3.63, 3.8) is 0 Å². The van der Waals surface area contributed by atoms with Crippen molar-refractivity contribution in [2.75, 3.05) is 4.90 Å². The van der Waals surface area contributed by atoms with E-state index in [0.29, 0.717) is 0 Å². The van der Waals surface area contributed by atoms with E-state index in [1.165, 1.54) is 98.9 Å². The summed E-state index contributed by atoms with van der Waals surface area (Å²) in [5.41, 5.74) is 18.8. The molecule has 2 heterocycles. The van der Waals surface area contributed by atoms with Crippen molar-refractivity contribution in [3.8, 4) is 22.3 Å². The van der Waals surface area contributed by atoms with Crippen molar-refractivity contribution < 1.29 is 4.42 Å². The van der Waals surface area contributed by atoms with Gasteiger partial charge in [0.15, 0.2) is 0 Å². The summed E-state index contributed by atoms with van der Waals surface area (Å²) in [6.07, 6.45) is 7.02. The van der Waals surface area contributed by atoms with E-state index in [-0.39, 0.29) is 10.8 Å². The lowest BCUT2D eigenvalue weighted by Gasteiger charge is -2.61. The molecule has 2 nitrogen and oxygen atoms in total. The topological polar surface area (TPSA) is 16.4 Å². The molecular formula is C48H37NO. The second-order valence-corrected chi connectivity index (χ2v) is 16.6. The van der Waals surface area contributed by atoms with E-state index < -0.39 is 0 Å². The first-order valence-electron chi connectivity index (χ1n) is 18.9. The van der Waals surface area contributed by atoms with E-state index in [9.17, 15) is 0 Å². The van der Waals surface area contributed by atoms with Crippen LogP contribution in [0, 0.1) is 23.7 Å². The van der Waals surface area contributed by atoms with Crippen LogP contribution >= 0.6 is 0 Å². The van der Waals surface area contributed by atoms with Crippen LogP contribution in [0.15, 0.2) is 126 Å². The molecule has 6 aromatic carbocycles. The van der Waals surface area contributed by atoms with Gasteiger partial charge in [-0.25, -0.2) is 0 Å². The van der Waals surface area contributed by atoms with Crippen LogP contribution in [-0.2, 0) is 10.8 Å². The minimum atomic E-state index is -0.273. The summed E-state index contributed by atoms with van der Waals surface area (Å²) in [6, 6.07) is 46.4. The van der Waals surface area contributed by atoms with Gasteiger partial charge in [0.05, 0.1) is 22.4 Å². The second kappa shape index (κ2) is 8.79. The Kier molecular flexibility index (Phi) is 4.70. The van der Waals surface area contributed by atoms with Gasteiger partial charge in [-0.2, -0.15) is 0 Å². The van der Waals surface area contributed by atoms with E-state index in [4.69, 9.17) is 4.42 Å². The molecule has 4 fully saturated rings. The molecule has 50 heavy (non-hydrogen) atoms. The maximum atomic E-state index is 6.53. The third-order valence-corrected chi connectivity index (χ3v) is 14.6. The van der Waals surface area contributed by atoms with Crippen molar-refractivity contribution in [1.82, 2.24) is 0 Å². The lowest BCUT2D eigenvalue weighted by Crippen LogP contribution is -2.55. The first-order valence-corrected chi connectivity index (χ1v) is 18.9. The normalized spacial score (nSPS) is 28.6. The van der Waals surface area contributed by atoms with Crippen LogP contribution in [0.25, 0.3) is 44.2 Å². The lowest BCUT2D eigenvalue weighted by molar-refractivity contribution is -0.0399. The number of rotatable bonds is 1. The van der Waals surface area contributed by atoms with Gasteiger partial charge in [0, 0.05) is 16.2 Å². The first kappa shape index (κ1) is 26.7. The Morgan fingerprint density at radius 2 is 1.16 bits per heavy atom. The van der Waals surface area contributed by atoms with Crippen molar-refractivity contribution >= 4 is 39.0 Å². The summed E-state index contributed by atoms with van der Waals surface area (Å²) >= 11 is 0. The highest BCUT2D eigenvalue weighted by atomic mass is 16.3. The summed E-state index contributed by atoms with van der Waals surface area (Å²) in [4.78, 5) is 2.64. The summed E-state index contributed by atoms with van der Waals surface area (Å²) in [6.45, 7) is 2.51. The van der Waals surface area contributed by atoms with Gasteiger partial charge in [-0.15, -0.1) is 0 Å². The Morgan fingerprint density at radius 3 is 1.98 bits per heavy atom. The highest BCUT2D eigenvalue weighted by Crippen LogP contribution is 2.71. The molecule has 0 N–H and O–H groups in total. The van der Waals surface area contributed by atoms with Gasteiger partial charge in [-0.05, 0) is 149 Å². The van der Waals surface area contributed by atoms with Gasteiger partial charge in [0.25, 0.3) is 0 Å². The molecule has 6 aliphatic carbocycles. The quantitative estimate of drug-likeness (QED) is 0.177. The van der Waals surface area contributed by atoms with E-state index >= 15 is 0 Å². The molecular weight excluding hydrogens is 607 g/mol. The molecule has 0 saturated heterocycles. The van der Waals surface area contributed by atoms with Gasteiger partial charge >= 0.3 is 0 Å². The van der Waals surface area contributed by atoms with Crippen LogP contribution in [-0.4, -0.2) is 0 Å². The molecule has 4 bridgehead atoms. The lowest BCUT2D eigenvalue weighted by atomic mass is 9.43. The summed E-state index contributed by atoms with van der Waals surface area (Å²) in [5.74, 6) is 3.28. The number of nitrogens with zero attached hydrogens (tertiary/aromatic N) is 1. The smallest absolute Gasteiger partial charge is 0.137 e. The average molecular weight is 644 g/mol. The number of furan rings is 1. The second-order valence-electron chi connectivity index (χ2n) is 16.6. The van der Waals surface area contributed by atoms with Crippen molar-refractivity contribution in [3.05, 3.63) is 149 Å². The Balaban J connectivity index is 1.18. The SMILES string of the molecule is CC12c3ccccc3-c3cccc(c31)N(c1cccc3oc4ccccc4c13)c1cc3c(cc12)-c1ccccc1C31C2CC3CC(C2)CC1C3. The van der Waals surface area contributed by atoms with Crippen molar-refractivity contribution in [1.29, 1.82) is 0 Å². The fourth-order valence-corrected chi connectivity index (χ4v) is 13.1. The monoisotopic (exact) mass is 643 g/mol. The van der Waals surface area contributed by atoms with E-state index in [1.54, 1.807) is 11.1 Å². The molecule has 14 rings (SSSR count). The van der Waals surface area contributed by atoms with Crippen LogP contribution in [0.1, 0.15) is 66.8 Å². The highest BCUT2D eigenvalue weighted by molar-refractivity contribution is 6.14. The number of benzene rings is 6. The zero-order valence-corrected chi connectivity index (χ0v) is 28.2. The van der Waals surface area contributed by atoms with Crippen LogP contribution in [0.5, 0.6) is 0 Å². The van der Waals surface area contributed by atoms with Crippen molar-refractivity contribution in [2.45, 2.75) is 49.9 Å². The molecule has 2 heteroatoms. The van der Waals surface area contributed by atoms with Gasteiger partial charge < -0.3 is 9.32 Å². The predicted octanol–water partition coefficient (Wildman–Crippen LogP) is 12.4. The molecule has 1 unspecified atom stereocenters. The molecule has 4 saturated carbocycles. The van der Waals surface area contributed by atoms with E-state index in [0.717, 1.165) is 34.8 Å². The molecule has 0 amide bonds. The summed E-state index contributed by atoms with van der Waals surface area (Å²) < 4.78 is 6.53. The van der Waals surface area contributed by atoms with E-state index in [1.807, 2.05) is 0 Å².